The number of anilines is 1. The van der Waals surface area contributed by atoms with Crippen molar-refractivity contribution >= 4 is 44.3 Å². The normalized spacial score (nSPS) is 13.6. The van der Waals surface area contributed by atoms with Gasteiger partial charge in [-0.3, -0.25) is 13.9 Å². The molecule has 2 amide bonds. The van der Waals surface area contributed by atoms with Gasteiger partial charge in [0.25, 0.3) is 11.8 Å². The summed E-state index contributed by atoms with van der Waals surface area (Å²) >= 11 is 0. The van der Waals surface area contributed by atoms with Gasteiger partial charge in [-0.25, -0.2) is 17.2 Å². The van der Waals surface area contributed by atoms with Crippen molar-refractivity contribution in [2.45, 2.75) is 0 Å². The molecule has 14 heteroatoms. The van der Waals surface area contributed by atoms with Crippen LogP contribution in [-0.2, 0) is 10.0 Å². The summed E-state index contributed by atoms with van der Waals surface area (Å²) in [5.41, 5.74) is 2.63. The number of nitrogens with one attached hydrogen (secondary N) is 1. The third-order valence-corrected chi connectivity index (χ3v) is 9.98. The highest BCUT2D eigenvalue weighted by atomic mass is 32.2. The van der Waals surface area contributed by atoms with Crippen LogP contribution >= 0.6 is 0 Å². The van der Waals surface area contributed by atoms with Crippen LogP contribution in [-0.4, -0.2) is 88.6 Å². The van der Waals surface area contributed by atoms with Crippen LogP contribution in [0.3, 0.4) is 0 Å². The van der Waals surface area contributed by atoms with Crippen molar-refractivity contribution in [2.75, 3.05) is 57.0 Å². The Kier molecular flexibility index (Phi) is 10.3. The first-order valence-electron chi connectivity index (χ1n) is 16.3. The first kappa shape index (κ1) is 35.7. The number of amides is 2. The number of halogens is 2. The number of nitrogens with zero attached hydrogens (tertiary/aromatic N) is 5. The topological polar surface area (TPSA) is 139 Å². The van der Waals surface area contributed by atoms with E-state index in [9.17, 15) is 32.0 Å². The fourth-order valence-electron chi connectivity index (χ4n) is 6.34. The van der Waals surface area contributed by atoms with Crippen molar-refractivity contribution in [3.63, 3.8) is 0 Å². The zero-order chi connectivity index (χ0) is 37.0. The maximum Gasteiger partial charge on any atom is 0.255 e. The molecule has 1 aromatic heterocycles. The van der Waals surface area contributed by atoms with Crippen molar-refractivity contribution in [1.82, 2.24) is 15.1 Å². The van der Waals surface area contributed by atoms with Crippen LogP contribution in [0.5, 0.6) is 0 Å². The first-order chi connectivity index (χ1) is 25.0. The van der Waals surface area contributed by atoms with Crippen molar-refractivity contribution < 1.29 is 31.2 Å². The van der Waals surface area contributed by atoms with E-state index in [0.717, 1.165) is 16.1 Å². The molecule has 4 aromatic carbocycles. The van der Waals surface area contributed by atoms with Gasteiger partial charge in [-0.1, -0.05) is 42.5 Å². The predicted octanol–water partition coefficient (Wildman–Crippen LogP) is 5.69. The molecule has 0 spiro atoms. The molecule has 5 aromatic rings. The summed E-state index contributed by atoms with van der Waals surface area (Å²) in [4.78, 5) is 34.9. The third-order valence-electron chi connectivity index (χ3n) is 8.80. The molecule has 1 aliphatic rings. The maximum atomic E-state index is 13.9. The van der Waals surface area contributed by atoms with E-state index in [2.05, 4.69) is 10.3 Å². The Morgan fingerprint density at radius 3 is 2.23 bits per heavy atom. The second-order valence-corrected chi connectivity index (χ2v) is 14.0. The Balaban J connectivity index is 1.41. The minimum absolute atomic E-state index is 0.0824. The molecule has 0 unspecified atom stereocenters. The number of nitriles is 1. The molecule has 266 valence electrons. The SMILES string of the molecule is CNC(=O)c1c(-c2ccc(F)cc2)oc2cc(N(CCF)S(C)(=O)=O)c(-c3cccc(C(=O)N4CCN(/C(=N/C#N)c5ccccc5)CC4)c3)cc12. The summed E-state index contributed by atoms with van der Waals surface area (Å²) in [5, 5.41) is 12.2. The molecular weight excluding hydrogens is 691 g/mol. The van der Waals surface area contributed by atoms with Gasteiger partial charge in [0.1, 0.15) is 29.7 Å². The van der Waals surface area contributed by atoms with Crippen LogP contribution < -0.4 is 9.62 Å². The number of amidine groups is 1. The number of alkyl halides is 1. The lowest BCUT2D eigenvalue weighted by atomic mass is 9.97. The number of benzene rings is 4. The lowest BCUT2D eigenvalue weighted by Crippen LogP contribution is -2.50. The highest BCUT2D eigenvalue weighted by Gasteiger charge is 2.29. The fourth-order valence-corrected chi connectivity index (χ4v) is 7.25. The molecule has 0 saturated carbocycles. The van der Waals surface area contributed by atoms with Gasteiger partial charge < -0.3 is 19.5 Å². The Morgan fingerprint density at radius 2 is 1.60 bits per heavy atom. The van der Waals surface area contributed by atoms with E-state index in [1.54, 1.807) is 35.2 Å². The van der Waals surface area contributed by atoms with E-state index in [0.29, 0.717) is 59.7 Å². The van der Waals surface area contributed by atoms with E-state index in [1.165, 1.54) is 37.4 Å². The first-order valence-corrected chi connectivity index (χ1v) is 18.2. The van der Waals surface area contributed by atoms with E-state index in [-0.39, 0.29) is 28.5 Å². The van der Waals surface area contributed by atoms with E-state index in [1.807, 2.05) is 41.4 Å². The summed E-state index contributed by atoms with van der Waals surface area (Å²) < 4.78 is 60.8. The molecule has 1 N–H and O–H groups in total. The molecule has 1 fully saturated rings. The summed E-state index contributed by atoms with van der Waals surface area (Å²) in [6.45, 7) is 0.108. The Bertz CT molecular complexity index is 2310. The average Bonchev–Trinajstić information content (AvgIpc) is 3.53. The van der Waals surface area contributed by atoms with Crippen molar-refractivity contribution in [2.24, 2.45) is 4.99 Å². The predicted molar refractivity (Wildman–Crippen MR) is 195 cm³/mol. The summed E-state index contributed by atoms with van der Waals surface area (Å²) in [7, 11) is -2.57. The van der Waals surface area contributed by atoms with Gasteiger partial charge in [0.15, 0.2) is 0 Å². The molecule has 11 nitrogen and oxygen atoms in total. The number of rotatable bonds is 9. The number of furan rings is 1. The zero-order valence-electron chi connectivity index (χ0n) is 28.3. The number of hydrogen-bond donors (Lipinski definition) is 1. The fraction of sp³-hybridized carbons (Fsp3) is 0.211. The van der Waals surface area contributed by atoms with Crippen LogP contribution in [0.2, 0.25) is 0 Å². The molecule has 1 saturated heterocycles. The van der Waals surface area contributed by atoms with Crippen molar-refractivity contribution in [1.29, 1.82) is 5.26 Å². The second-order valence-electron chi connectivity index (χ2n) is 12.0. The average molecular weight is 725 g/mol. The number of carbonyl (C=O) groups excluding carboxylic acids is 2. The smallest absolute Gasteiger partial charge is 0.255 e. The number of hydrogen-bond acceptors (Lipinski definition) is 7. The van der Waals surface area contributed by atoms with Crippen LogP contribution in [0.1, 0.15) is 26.3 Å². The Labute approximate surface area is 299 Å². The van der Waals surface area contributed by atoms with Crippen LogP contribution in [0.4, 0.5) is 14.5 Å². The molecule has 1 aliphatic heterocycles. The minimum Gasteiger partial charge on any atom is -0.455 e. The zero-order valence-corrected chi connectivity index (χ0v) is 29.2. The number of piperazine rings is 1. The monoisotopic (exact) mass is 724 g/mol. The minimum atomic E-state index is -4.02. The summed E-state index contributed by atoms with van der Waals surface area (Å²) in [6.07, 6.45) is 2.83. The van der Waals surface area contributed by atoms with Gasteiger partial charge in [-0.2, -0.15) is 10.3 Å². The molecule has 0 radical (unpaired) electrons. The summed E-state index contributed by atoms with van der Waals surface area (Å²) in [6, 6.07) is 24.4. The molecular formula is C38H34F2N6O5S. The van der Waals surface area contributed by atoms with Crippen LogP contribution in [0.25, 0.3) is 33.4 Å². The lowest BCUT2D eigenvalue weighted by molar-refractivity contribution is 0.0692. The maximum absolute atomic E-state index is 13.9. The molecule has 0 atom stereocenters. The second kappa shape index (κ2) is 15.0. The molecule has 0 bridgehead atoms. The molecule has 52 heavy (non-hydrogen) atoms. The molecule has 2 heterocycles. The van der Waals surface area contributed by atoms with Crippen molar-refractivity contribution in [3.05, 3.63) is 114 Å². The largest absolute Gasteiger partial charge is 0.455 e. The number of aliphatic imine (C=N–C) groups is 1. The number of fused-ring (bicyclic) bond motifs is 1. The molecule has 0 aliphatic carbocycles. The highest BCUT2D eigenvalue weighted by Crippen LogP contribution is 2.42. The van der Waals surface area contributed by atoms with E-state index < -0.39 is 35.0 Å². The van der Waals surface area contributed by atoms with Gasteiger partial charge in [0.05, 0.1) is 24.1 Å². The van der Waals surface area contributed by atoms with Gasteiger partial charge in [-0.15, -0.1) is 0 Å². The quantitative estimate of drug-likeness (QED) is 0.117. The van der Waals surface area contributed by atoms with Gasteiger partial charge in [-0.05, 0) is 48.0 Å². The molecule has 6 rings (SSSR count). The third kappa shape index (κ3) is 7.22. The van der Waals surface area contributed by atoms with Gasteiger partial charge in [0.2, 0.25) is 16.2 Å². The summed E-state index contributed by atoms with van der Waals surface area (Å²) in [5.74, 6) is -0.589. The lowest BCUT2D eigenvalue weighted by Gasteiger charge is -2.36. The number of sulfonamides is 1. The van der Waals surface area contributed by atoms with E-state index >= 15 is 0 Å². The Hall–Kier alpha value is -6.07. The van der Waals surface area contributed by atoms with Gasteiger partial charge >= 0.3 is 0 Å². The van der Waals surface area contributed by atoms with Crippen LogP contribution in [0, 0.1) is 17.3 Å². The number of carbonyl (C=O) groups is 2. The standard InChI is InChI=1S/C38H34F2N6O5S/c1-42-37(47)34-31-22-30(32(46(16-15-39)52(2,49)50)23-33(31)51-35(34)25-11-13-29(40)14-12-25)27-9-6-10-28(21-27)38(48)45-19-17-44(18-20-45)36(43-24-41)26-7-4-3-5-8-26/h3-14,21-23H,15-20H2,1-2H3,(H,42,47)/b43-36+. The Morgan fingerprint density at radius 1 is 0.923 bits per heavy atom. The van der Waals surface area contributed by atoms with E-state index in [4.69, 9.17) is 4.42 Å². The van der Waals surface area contributed by atoms with Crippen LogP contribution in [0.15, 0.2) is 100 Å². The van der Waals surface area contributed by atoms with Crippen molar-refractivity contribution in [3.8, 4) is 28.6 Å². The highest BCUT2D eigenvalue weighted by molar-refractivity contribution is 7.92. The van der Waals surface area contributed by atoms with Gasteiger partial charge in [0, 0.05) is 66.9 Å².